The summed E-state index contributed by atoms with van der Waals surface area (Å²) in [4.78, 5) is 12.1. The Morgan fingerprint density at radius 3 is 2.48 bits per heavy atom. The maximum atomic E-state index is 12.1. The SMILES string of the molecule is COc1ccc(CNC(=O)c2ccccc2Br)cc1OC. The van der Waals surface area contributed by atoms with Crippen LogP contribution in [-0.2, 0) is 6.54 Å². The van der Waals surface area contributed by atoms with Gasteiger partial charge in [-0.15, -0.1) is 0 Å². The predicted octanol–water partition coefficient (Wildman–Crippen LogP) is 3.40. The van der Waals surface area contributed by atoms with Gasteiger partial charge in [0.2, 0.25) is 0 Å². The largest absolute Gasteiger partial charge is 0.493 e. The summed E-state index contributed by atoms with van der Waals surface area (Å²) >= 11 is 3.37. The van der Waals surface area contributed by atoms with Crippen molar-refractivity contribution < 1.29 is 14.3 Å². The van der Waals surface area contributed by atoms with Crippen LogP contribution in [-0.4, -0.2) is 20.1 Å². The van der Waals surface area contributed by atoms with Crippen LogP contribution >= 0.6 is 15.9 Å². The van der Waals surface area contributed by atoms with Crippen molar-refractivity contribution in [2.75, 3.05) is 14.2 Å². The van der Waals surface area contributed by atoms with E-state index < -0.39 is 0 Å². The minimum absolute atomic E-state index is 0.128. The minimum Gasteiger partial charge on any atom is -0.493 e. The molecule has 0 fully saturated rings. The molecule has 2 aromatic rings. The molecule has 0 heterocycles. The fourth-order valence-corrected chi connectivity index (χ4v) is 2.38. The van der Waals surface area contributed by atoms with E-state index in [9.17, 15) is 4.79 Å². The number of carbonyl (C=O) groups is 1. The highest BCUT2D eigenvalue weighted by molar-refractivity contribution is 9.10. The van der Waals surface area contributed by atoms with Gasteiger partial charge < -0.3 is 14.8 Å². The summed E-state index contributed by atoms with van der Waals surface area (Å²) in [5, 5.41) is 2.88. The van der Waals surface area contributed by atoms with Gasteiger partial charge in [-0.05, 0) is 45.8 Å². The lowest BCUT2D eigenvalue weighted by atomic mass is 10.1. The molecule has 0 saturated heterocycles. The van der Waals surface area contributed by atoms with Crippen LogP contribution in [0, 0.1) is 0 Å². The number of amides is 1. The third-order valence-corrected chi connectivity index (χ3v) is 3.71. The Bertz CT molecular complexity index is 643. The highest BCUT2D eigenvalue weighted by Gasteiger charge is 2.10. The van der Waals surface area contributed by atoms with E-state index in [0.717, 1.165) is 10.0 Å². The molecule has 5 heteroatoms. The predicted molar refractivity (Wildman–Crippen MR) is 84.9 cm³/mol. The molecule has 0 aliphatic rings. The van der Waals surface area contributed by atoms with Crippen LogP contribution in [0.3, 0.4) is 0 Å². The number of halogens is 1. The Morgan fingerprint density at radius 1 is 1.10 bits per heavy atom. The smallest absolute Gasteiger partial charge is 0.252 e. The molecule has 21 heavy (non-hydrogen) atoms. The van der Waals surface area contributed by atoms with Crippen molar-refractivity contribution in [2.24, 2.45) is 0 Å². The van der Waals surface area contributed by atoms with E-state index in [4.69, 9.17) is 9.47 Å². The molecule has 0 spiro atoms. The molecule has 110 valence electrons. The number of benzene rings is 2. The molecule has 0 unspecified atom stereocenters. The zero-order valence-electron chi connectivity index (χ0n) is 11.9. The van der Waals surface area contributed by atoms with E-state index in [0.29, 0.717) is 23.6 Å². The Kier molecular flexibility index (Phi) is 5.22. The number of ether oxygens (including phenoxy) is 2. The summed E-state index contributed by atoms with van der Waals surface area (Å²) in [6.45, 7) is 0.417. The molecule has 0 aliphatic heterocycles. The van der Waals surface area contributed by atoms with Crippen LogP contribution in [0.25, 0.3) is 0 Å². The summed E-state index contributed by atoms with van der Waals surface area (Å²) in [5.74, 6) is 1.18. The second kappa shape index (κ2) is 7.13. The lowest BCUT2D eigenvalue weighted by Crippen LogP contribution is -2.23. The first kappa shape index (κ1) is 15.4. The number of hydrogen-bond donors (Lipinski definition) is 1. The molecule has 0 saturated carbocycles. The Labute approximate surface area is 132 Å². The number of carbonyl (C=O) groups excluding carboxylic acids is 1. The minimum atomic E-state index is -0.128. The standard InChI is InChI=1S/C16H16BrNO3/c1-20-14-8-7-11(9-15(14)21-2)10-18-16(19)12-5-3-4-6-13(12)17/h3-9H,10H2,1-2H3,(H,18,19). The van der Waals surface area contributed by atoms with Crippen molar-refractivity contribution in [3.63, 3.8) is 0 Å². The van der Waals surface area contributed by atoms with E-state index >= 15 is 0 Å². The van der Waals surface area contributed by atoms with Crippen LogP contribution in [0.5, 0.6) is 11.5 Å². The van der Waals surface area contributed by atoms with E-state index in [1.165, 1.54) is 0 Å². The summed E-state index contributed by atoms with van der Waals surface area (Å²) in [7, 11) is 3.17. The normalized spacial score (nSPS) is 10.0. The number of methoxy groups -OCH3 is 2. The first-order chi connectivity index (χ1) is 10.2. The van der Waals surface area contributed by atoms with E-state index in [1.807, 2.05) is 36.4 Å². The van der Waals surface area contributed by atoms with Crippen molar-refractivity contribution in [1.29, 1.82) is 0 Å². The van der Waals surface area contributed by atoms with Gasteiger partial charge in [0.15, 0.2) is 11.5 Å². The summed E-state index contributed by atoms with van der Waals surface area (Å²) in [5.41, 5.74) is 1.55. The second-order valence-electron chi connectivity index (χ2n) is 4.35. The van der Waals surface area contributed by atoms with Crippen molar-refractivity contribution in [2.45, 2.75) is 6.54 Å². The molecule has 1 N–H and O–H groups in total. The molecule has 0 atom stereocenters. The van der Waals surface area contributed by atoms with Gasteiger partial charge in [0.25, 0.3) is 5.91 Å². The van der Waals surface area contributed by atoms with E-state index in [2.05, 4.69) is 21.2 Å². The van der Waals surface area contributed by atoms with E-state index in [1.54, 1.807) is 20.3 Å². The summed E-state index contributed by atoms with van der Waals surface area (Å²) < 4.78 is 11.2. The first-order valence-corrected chi connectivity index (χ1v) is 7.18. The lowest BCUT2D eigenvalue weighted by Gasteiger charge is -2.11. The molecule has 0 aromatic heterocycles. The Hall–Kier alpha value is -2.01. The van der Waals surface area contributed by atoms with Gasteiger partial charge in [-0.1, -0.05) is 18.2 Å². The first-order valence-electron chi connectivity index (χ1n) is 6.39. The van der Waals surface area contributed by atoms with Gasteiger partial charge in [0.05, 0.1) is 19.8 Å². The molecular weight excluding hydrogens is 334 g/mol. The molecular formula is C16H16BrNO3. The molecule has 1 amide bonds. The van der Waals surface area contributed by atoms with Crippen LogP contribution in [0.4, 0.5) is 0 Å². The number of rotatable bonds is 5. The highest BCUT2D eigenvalue weighted by atomic mass is 79.9. The van der Waals surface area contributed by atoms with Gasteiger partial charge in [-0.25, -0.2) is 0 Å². The zero-order chi connectivity index (χ0) is 15.2. The summed E-state index contributed by atoms with van der Waals surface area (Å²) in [6, 6.07) is 12.9. The van der Waals surface area contributed by atoms with Crippen molar-refractivity contribution in [1.82, 2.24) is 5.32 Å². The fourth-order valence-electron chi connectivity index (χ4n) is 1.91. The van der Waals surface area contributed by atoms with Crippen molar-refractivity contribution in [3.8, 4) is 11.5 Å². The average molecular weight is 350 g/mol. The highest BCUT2D eigenvalue weighted by Crippen LogP contribution is 2.27. The Morgan fingerprint density at radius 2 is 1.81 bits per heavy atom. The van der Waals surface area contributed by atoms with Crippen molar-refractivity contribution in [3.05, 3.63) is 58.1 Å². The summed E-state index contributed by atoms with van der Waals surface area (Å²) in [6.07, 6.45) is 0. The third-order valence-electron chi connectivity index (χ3n) is 3.02. The van der Waals surface area contributed by atoms with Gasteiger partial charge in [-0.2, -0.15) is 0 Å². The average Bonchev–Trinajstić information content (AvgIpc) is 2.52. The third kappa shape index (κ3) is 3.76. The maximum Gasteiger partial charge on any atom is 0.252 e. The monoisotopic (exact) mass is 349 g/mol. The van der Waals surface area contributed by atoms with Crippen LogP contribution in [0.15, 0.2) is 46.9 Å². The molecule has 2 aromatic carbocycles. The molecule has 4 nitrogen and oxygen atoms in total. The molecule has 0 aliphatic carbocycles. The lowest BCUT2D eigenvalue weighted by molar-refractivity contribution is 0.0950. The number of nitrogens with one attached hydrogen (secondary N) is 1. The second-order valence-corrected chi connectivity index (χ2v) is 5.21. The quantitative estimate of drug-likeness (QED) is 0.899. The Balaban J connectivity index is 2.06. The molecule has 0 radical (unpaired) electrons. The fraction of sp³-hybridized carbons (Fsp3) is 0.188. The van der Waals surface area contributed by atoms with Gasteiger partial charge >= 0.3 is 0 Å². The number of hydrogen-bond acceptors (Lipinski definition) is 3. The zero-order valence-corrected chi connectivity index (χ0v) is 13.4. The van der Waals surface area contributed by atoms with E-state index in [-0.39, 0.29) is 5.91 Å². The van der Waals surface area contributed by atoms with Crippen LogP contribution in [0.2, 0.25) is 0 Å². The van der Waals surface area contributed by atoms with Gasteiger partial charge in [0, 0.05) is 11.0 Å². The van der Waals surface area contributed by atoms with Crippen LogP contribution in [0.1, 0.15) is 15.9 Å². The topological polar surface area (TPSA) is 47.6 Å². The van der Waals surface area contributed by atoms with Crippen molar-refractivity contribution >= 4 is 21.8 Å². The van der Waals surface area contributed by atoms with Crippen LogP contribution < -0.4 is 14.8 Å². The maximum absolute atomic E-state index is 12.1. The molecule has 0 bridgehead atoms. The van der Waals surface area contributed by atoms with Gasteiger partial charge in [0.1, 0.15) is 0 Å². The molecule has 2 rings (SSSR count). The van der Waals surface area contributed by atoms with Gasteiger partial charge in [-0.3, -0.25) is 4.79 Å².